The molecule has 0 bridgehead atoms. The molecule has 1 amide bonds. The summed E-state index contributed by atoms with van der Waals surface area (Å²) in [6, 6.07) is 26.6. The van der Waals surface area contributed by atoms with Crippen LogP contribution in [0.25, 0.3) is 0 Å². The molecule has 0 fully saturated rings. The molecule has 3 aromatic rings. The SMILES string of the molecule is COc1ccc(C(C)NC(=O)/C(C#N)=C\Nc2ccc(Nc3ccccc3)cc2)cc1. The van der Waals surface area contributed by atoms with Gasteiger partial charge in [-0.2, -0.15) is 5.26 Å². The first-order chi connectivity index (χ1) is 15.1. The van der Waals surface area contributed by atoms with Crippen LogP contribution < -0.4 is 20.7 Å². The Morgan fingerprint density at radius 2 is 1.55 bits per heavy atom. The van der Waals surface area contributed by atoms with Crippen LogP contribution in [0.4, 0.5) is 17.1 Å². The van der Waals surface area contributed by atoms with Crippen molar-refractivity contribution in [3.63, 3.8) is 0 Å². The van der Waals surface area contributed by atoms with Crippen molar-refractivity contribution >= 4 is 23.0 Å². The highest BCUT2D eigenvalue weighted by Gasteiger charge is 2.14. The predicted molar refractivity (Wildman–Crippen MR) is 123 cm³/mol. The zero-order valence-electron chi connectivity index (χ0n) is 17.4. The Morgan fingerprint density at radius 1 is 0.935 bits per heavy atom. The predicted octanol–water partition coefficient (Wildman–Crippen LogP) is 5.14. The molecule has 0 spiro atoms. The molecule has 1 atom stereocenters. The van der Waals surface area contributed by atoms with Gasteiger partial charge in [0.05, 0.1) is 13.2 Å². The maximum Gasteiger partial charge on any atom is 0.263 e. The van der Waals surface area contributed by atoms with Crippen molar-refractivity contribution < 1.29 is 9.53 Å². The third-order valence-electron chi connectivity index (χ3n) is 4.66. The van der Waals surface area contributed by atoms with Crippen molar-refractivity contribution in [2.45, 2.75) is 13.0 Å². The number of amides is 1. The average molecular weight is 412 g/mol. The van der Waals surface area contributed by atoms with E-state index in [0.29, 0.717) is 0 Å². The zero-order chi connectivity index (χ0) is 22.1. The quantitative estimate of drug-likeness (QED) is 0.352. The molecular formula is C25H24N4O2. The van der Waals surface area contributed by atoms with E-state index < -0.39 is 5.91 Å². The summed E-state index contributed by atoms with van der Waals surface area (Å²) in [6.45, 7) is 1.86. The lowest BCUT2D eigenvalue weighted by molar-refractivity contribution is -0.117. The number of nitriles is 1. The molecule has 6 nitrogen and oxygen atoms in total. The number of ether oxygens (including phenoxy) is 1. The third-order valence-corrected chi connectivity index (χ3v) is 4.66. The van der Waals surface area contributed by atoms with Crippen LogP contribution in [0.15, 0.2) is 90.6 Å². The molecule has 0 aromatic heterocycles. The summed E-state index contributed by atoms with van der Waals surface area (Å²) < 4.78 is 5.14. The molecule has 0 aliphatic heterocycles. The van der Waals surface area contributed by atoms with Crippen LogP contribution >= 0.6 is 0 Å². The number of anilines is 3. The number of benzene rings is 3. The standard InChI is InChI=1S/C25H24N4O2/c1-18(19-8-14-24(31-2)15-9-19)28-25(30)20(16-26)17-27-21-10-12-23(13-11-21)29-22-6-4-3-5-7-22/h3-15,17-18,27,29H,1-2H3,(H,28,30)/b20-17-. The van der Waals surface area contributed by atoms with Gasteiger partial charge in [-0.25, -0.2) is 0 Å². The summed E-state index contributed by atoms with van der Waals surface area (Å²) in [4.78, 5) is 12.5. The normalized spacial score (nSPS) is 11.7. The van der Waals surface area contributed by atoms with Gasteiger partial charge < -0.3 is 20.7 Å². The Morgan fingerprint density at radius 3 is 2.16 bits per heavy atom. The van der Waals surface area contributed by atoms with Gasteiger partial charge >= 0.3 is 0 Å². The highest BCUT2D eigenvalue weighted by molar-refractivity contribution is 5.97. The average Bonchev–Trinajstić information content (AvgIpc) is 2.81. The lowest BCUT2D eigenvalue weighted by atomic mass is 10.1. The van der Waals surface area contributed by atoms with Gasteiger partial charge in [-0.05, 0) is 61.0 Å². The molecule has 31 heavy (non-hydrogen) atoms. The van der Waals surface area contributed by atoms with E-state index in [9.17, 15) is 10.1 Å². The minimum absolute atomic E-state index is 0.00755. The number of hydrogen-bond donors (Lipinski definition) is 3. The summed E-state index contributed by atoms with van der Waals surface area (Å²) in [5.41, 5.74) is 3.61. The van der Waals surface area contributed by atoms with E-state index in [1.54, 1.807) is 7.11 Å². The summed E-state index contributed by atoms with van der Waals surface area (Å²) >= 11 is 0. The Hall–Kier alpha value is -4.24. The van der Waals surface area contributed by atoms with E-state index in [4.69, 9.17) is 4.74 Å². The number of para-hydroxylation sites is 1. The number of nitrogens with one attached hydrogen (secondary N) is 3. The number of nitrogens with zero attached hydrogens (tertiary/aromatic N) is 1. The molecule has 3 rings (SSSR count). The van der Waals surface area contributed by atoms with E-state index >= 15 is 0 Å². The molecule has 0 aliphatic rings. The molecule has 3 N–H and O–H groups in total. The van der Waals surface area contributed by atoms with Crippen LogP contribution in [0.3, 0.4) is 0 Å². The van der Waals surface area contributed by atoms with Gasteiger partial charge in [0.25, 0.3) is 5.91 Å². The monoisotopic (exact) mass is 412 g/mol. The van der Waals surface area contributed by atoms with Crippen LogP contribution in [-0.2, 0) is 4.79 Å². The van der Waals surface area contributed by atoms with Gasteiger partial charge in [0.2, 0.25) is 0 Å². The molecule has 0 saturated carbocycles. The number of hydrogen-bond acceptors (Lipinski definition) is 5. The van der Waals surface area contributed by atoms with E-state index in [1.165, 1.54) is 6.20 Å². The van der Waals surface area contributed by atoms with E-state index in [1.807, 2.05) is 91.9 Å². The van der Waals surface area contributed by atoms with E-state index in [2.05, 4.69) is 16.0 Å². The first-order valence-corrected chi connectivity index (χ1v) is 9.83. The number of carbonyl (C=O) groups is 1. The van der Waals surface area contributed by atoms with Crippen molar-refractivity contribution in [2.24, 2.45) is 0 Å². The van der Waals surface area contributed by atoms with Crippen molar-refractivity contribution in [2.75, 3.05) is 17.7 Å². The van der Waals surface area contributed by atoms with Gasteiger partial charge in [0.1, 0.15) is 17.4 Å². The van der Waals surface area contributed by atoms with Crippen molar-refractivity contribution in [1.29, 1.82) is 5.26 Å². The molecular weight excluding hydrogens is 388 g/mol. The van der Waals surface area contributed by atoms with Crippen molar-refractivity contribution in [3.8, 4) is 11.8 Å². The summed E-state index contributed by atoms with van der Waals surface area (Å²) in [6.07, 6.45) is 1.41. The Labute approximate surface area is 182 Å². The van der Waals surface area contributed by atoms with E-state index in [-0.39, 0.29) is 11.6 Å². The van der Waals surface area contributed by atoms with Gasteiger partial charge in [-0.1, -0.05) is 30.3 Å². The number of rotatable bonds is 8. The second kappa shape index (κ2) is 10.5. The van der Waals surface area contributed by atoms with Crippen molar-refractivity contribution in [1.82, 2.24) is 5.32 Å². The van der Waals surface area contributed by atoms with Crippen LogP contribution in [0.1, 0.15) is 18.5 Å². The van der Waals surface area contributed by atoms with Gasteiger partial charge in [0, 0.05) is 23.3 Å². The summed E-state index contributed by atoms with van der Waals surface area (Å²) in [5.74, 6) is 0.301. The second-order valence-corrected chi connectivity index (χ2v) is 6.85. The minimum Gasteiger partial charge on any atom is -0.497 e. The lowest BCUT2D eigenvalue weighted by Gasteiger charge is -2.14. The molecule has 156 valence electrons. The van der Waals surface area contributed by atoms with Crippen LogP contribution in [-0.4, -0.2) is 13.0 Å². The molecule has 6 heteroatoms. The maximum absolute atomic E-state index is 12.5. The summed E-state index contributed by atoms with van der Waals surface area (Å²) in [5, 5.41) is 18.5. The third kappa shape index (κ3) is 6.12. The second-order valence-electron chi connectivity index (χ2n) is 6.85. The Bertz CT molecular complexity index is 1070. The number of methoxy groups -OCH3 is 1. The molecule has 0 saturated heterocycles. The smallest absolute Gasteiger partial charge is 0.263 e. The minimum atomic E-state index is -0.444. The van der Waals surface area contributed by atoms with Crippen LogP contribution in [0.5, 0.6) is 5.75 Å². The molecule has 0 heterocycles. The molecule has 1 unspecified atom stereocenters. The maximum atomic E-state index is 12.5. The zero-order valence-corrected chi connectivity index (χ0v) is 17.4. The Kier molecular flexibility index (Phi) is 7.28. The van der Waals surface area contributed by atoms with Crippen molar-refractivity contribution in [3.05, 3.63) is 96.2 Å². The molecule has 3 aromatic carbocycles. The fraction of sp³-hybridized carbons (Fsp3) is 0.120. The van der Waals surface area contributed by atoms with Crippen LogP contribution in [0.2, 0.25) is 0 Å². The van der Waals surface area contributed by atoms with Gasteiger partial charge in [0.15, 0.2) is 0 Å². The van der Waals surface area contributed by atoms with E-state index in [0.717, 1.165) is 28.4 Å². The number of carbonyl (C=O) groups excluding carboxylic acids is 1. The first-order valence-electron chi connectivity index (χ1n) is 9.83. The highest BCUT2D eigenvalue weighted by Crippen LogP contribution is 2.20. The summed E-state index contributed by atoms with van der Waals surface area (Å²) in [7, 11) is 1.60. The van der Waals surface area contributed by atoms with Crippen LogP contribution in [0, 0.1) is 11.3 Å². The fourth-order valence-electron chi connectivity index (χ4n) is 2.89. The van der Waals surface area contributed by atoms with Gasteiger partial charge in [-0.15, -0.1) is 0 Å². The van der Waals surface area contributed by atoms with Gasteiger partial charge in [-0.3, -0.25) is 4.79 Å². The Balaban J connectivity index is 1.59. The molecule has 0 aliphatic carbocycles. The highest BCUT2D eigenvalue weighted by atomic mass is 16.5. The largest absolute Gasteiger partial charge is 0.497 e. The molecule has 0 radical (unpaired) electrons. The lowest BCUT2D eigenvalue weighted by Crippen LogP contribution is -2.28. The first kappa shape index (κ1) is 21.5. The topological polar surface area (TPSA) is 86.2 Å². The fourth-order valence-corrected chi connectivity index (χ4v) is 2.89.